The molecular formula is C17H15NO2. The van der Waals surface area contributed by atoms with Crippen LogP contribution in [0.5, 0.6) is 0 Å². The minimum Gasteiger partial charge on any atom is -0.388 e. The second-order valence-corrected chi connectivity index (χ2v) is 4.63. The zero-order valence-corrected chi connectivity index (χ0v) is 10.9. The van der Waals surface area contributed by atoms with E-state index in [9.17, 15) is 0 Å². The second kappa shape index (κ2) is 5.72. The fraction of sp³-hybridized carbons (Fsp3) is 0.118. The van der Waals surface area contributed by atoms with Crippen LogP contribution in [0.25, 0.3) is 0 Å². The van der Waals surface area contributed by atoms with E-state index in [-0.39, 0.29) is 12.5 Å². The molecule has 0 radical (unpaired) electrons. The van der Waals surface area contributed by atoms with Gasteiger partial charge in [-0.15, -0.1) is 0 Å². The number of rotatable bonds is 4. The van der Waals surface area contributed by atoms with Gasteiger partial charge in [-0.2, -0.15) is 0 Å². The largest absolute Gasteiger partial charge is 0.388 e. The van der Waals surface area contributed by atoms with Gasteiger partial charge in [-0.1, -0.05) is 65.8 Å². The highest BCUT2D eigenvalue weighted by atomic mass is 16.5. The molecule has 0 aliphatic rings. The van der Waals surface area contributed by atoms with Gasteiger partial charge >= 0.3 is 0 Å². The van der Waals surface area contributed by atoms with E-state index < -0.39 is 0 Å². The first kappa shape index (κ1) is 12.6. The molecule has 3 aromatic rings. The Morgan fingerprint density at radius 2 is 1.45 bits per heavy atom. The standard InChI is InChI=1S/C17H15NO2/c19-12-15-11-16(18-20-15)17(13-7-3-1-4-8-13)14-9-5-2-6-10-14/h1-11,17,19H,12H2. The van der Waals surface area contributed by atoms with Crippen molar-refractivity contribution in [3.63, 3.8) is 0 Å². The Balaban J connectivity index is 2.09. The molecule has 0 unspecified atom stereocenters. The molecule has 20 heavy (non-hydrogen) atoms. The zero-order valence-electron chi connectivity index (χ0n) is 10.9. The number of hydrogen-bond acceptors (Lipinski definition) is 3. The van der Waals surface area contributed by atoms with Crippen LogP contribution in [0.1, 0.15) is 28.5 Å². The molecule has 3 nitrogen and oxygen atoms in total. The molecule has 3 rings (SSSR count). The molecule has 0 saturated heterocycles. The molecule has 0 saturated carbocycles. The van der Waals surface area contributed by atoms with E-state index in [0.717, 1.165) is 16.8 Å². The van der Waals surface area contributed by atoms with Crippen molar-refractivity contribution >= 4 is 0 Å². The molecule has 0 bridgehead atoms. The maximum Gasteiger partial charge on any atom is 0.162 e. The molecule has 0 fully saturated rings. The lowest BCUT2D eigenvalue weighted by Crippen LogP contribution is -2.03. The Morgan fingerprint density at radius 1 is 0.900 bits per heavy atom. The van der Waals surface area contributed by atoms with Gasteiger partial charge in [0.1, 0.15) is 6.61 Å². The summed E-state index contributed by atoms with van der Waals surface area (Å²) < 4.78 is 5.14. The molecule has 100 valence electrons. The fourth-order valence-corrected chi connectivity index (χ4v) is 2.36. The van der Waals surface area contributed by atoms with Crippen molar-refractivity contribution in [1.29, 1.82) is 0 Å². The molecule has 0 atom stereocenters. The van der Waals surface area contributed by atoms with Crippen LogP contribution in [0.2, 0.25) is 0 Å². The lowest BCUT2D eigenvalue weighted by atomic mass is 9.88. The fourth-order valence-electron chi connectivity index (χ4n) is 2.36. The van der Waals surface area contributed by atoms with E-state index in [1.54, 1.807) is 0 Å². The lowest BCUT2D eigenvalue weighted by molar-refractivity contribution is 0.228. The average molecular weight is 265 g/mol. The van der Waals surface area contributed by atoms with Gasteiger partial charge < -0.3 is 9.63 Å². The third-order valence-corrected chi connectivity index (χ3v) is 3.29. The van der Waals surface area contributed by atoms with Gasteiger partial charge in [0.25, 0.3) is 0 Å². The van der Waals surface area contributed by atoms with E-state index in [2.05, 4.69) is 29.4 Å². The quantitative estimate of drug-likeness (QED) is 0.787. The number of nitrogens with zero attached hydrogens (tertiary/aromatic N) is 1. The first-order valence-electron chi connectivity index (χ1n) is 6.54. The summed E-state index contributed by atoms with van der Waals surface area (Å²) >= 11 is 0. The van der Waals surface area contributed by atoms with E-state index in [4.69, 9.17) is 9.63 Å². The molecule has 0 amide bonds. The molecule has 0 aliphatic heterocycles. The Morgan fingerprint density at radius 3 is 1.90 bits per heavy atom. The predicted octanol–water partition coefficient (Wildman–Crippen LogP) is 3.35. The highest BCUT2D eigenvalue weighted by molar-refractivity contribution is 5.40. The number of aromatic nitrogens is 1. The van der Waals surface area contributed by atoms with Gasteiger partial charge in [0.15, 0.2) is 5.76 Å². The zero-order chi connectivity index (χ0) is 13.8. The number of aliphatic hydroxyl groups is 1. The first-order chi connectivity index (χ1) is 9.88. The van der Waals surface area contributed by atoms with Crippen molar-refractivity contribution in [2.24, 2.45) is 0 Å². The molecule has 1 aromatic heterocycles. The third-order valence-electron chi connectivity index (χ3n) is 3.29. The minimum atomic E-state index is -0.136. The topological polar surface area (TPSA) is 46.3 Å². The van der Waals surface area contributed by atoms with Crippen LogP contribution in [-0.2, 0) is 6.61 Å². The van der Waals surface area contributed by atoms with Gasteiger partial charge in [-0.3, -0.25) is 0 Å². The van der Waals surface area contributed by atoms with E-state index in [1.165, 1.54) is 0 Å². The van der Waals surface area contributed by atoms with Gasteiger partial charge in [0.2, 0.25) is 0 Å². The number of hydrogen-bond donors (Lipinski definition) is 1. The second-order valence-electron chi connectivity index (χ2n) is 4.63. The molecule has 1 N–H and O–H groups in total. The van der Waals surface area contributed by atoms with E-state index >= 15 is 0 Å². The normalized spacial score (nSPS) is 10.9. The van der Waals surface area contributed by atoms with Crippen LogP contribution in [0.3, 0.4) is 0 Å². The molecule has 0 spiro atoms. The summed E-state index contributed by atoms with van der Waals surface area (Å²) in [4.78, 5) is 0. The van der Waals surface area contributed by atoms with Crippen molar-refractivity contribution in [3.8, 4) is 0 Å². The Labute approximate surface area is 117 Å². The van der Waals surface area contributed by atoms with Gasteiger partial charge in [0, 0.05) is 6.07 Å². The summed E-state index contributed by atoms with van der Waals surface area (Å²) in [5.41, 5.74) is 3.11. The Bertz CT molecular complexity index is 622. The Hall–Kier alpha value is -2.39. The predicted molar refractivity (Wildman–Crippen MR) is 76.3 cm³/mol. The minimum absolute atomic E-state index is 0.0152. The average Bonchev–Trinajstić information content (AvgIpc) is 2.98. The maximum atomic E-state index is 9.14. The van der Waals surface area contributed by atoms with Crippen LogP contribution in [0, 0.1) is 0 Å². The number of benzene rings is 2. The molecule has 2 aromatic carbocycles. The van der Waals surface area contributed by atoms with Gasteiger partial charge in [0.05, 0.1) is 11.6 Å². The molecule has 0 aliphatic carbocycles. The van der Waals surface area contributed by atoms with Crippen molar-refractivity contribution in [1.82, 2.24) is 5.16 Å². The number of aliphatic hydroxyl groups excluding tert-OH is 1. The first-order valence-corrected chi connectivity index (χ1v) is 6.54. The summed E-state index contributed by atoms with van der Waals surface area (Å²) in [5, 5.41) is 13.2. The summed E-state index contributed by atoms with van der Waals surface area (Å²) in [6.45, 7) is -0.136. The summed E-state index contributed by atoms with van der Waals surface area (Å²) in [6.07, 6.45) is 0. The molecule has 3 heteroatoms. The molecular weight excluding hydrogens is 250 g/mol. The van der Waals surface area contributed by atoms with E-state index in [0.29, 0.717) is 5.76 Å². The molecule has 1 heterocycles. The lowest BCUT2D eigenvalue weighted by Gasteiger charge is -2.15. The summed E-state index contributed by atoms with van der Waals surface area (Å²) in [5.74, 6) is 0.498. The van der Waals surface area contributed by atoms with Crippen molar-refractivity contribution in [3.05, 3.63) is 89.3 Å². The Kier molecular flexibility index (Phi) is 3.61. The summed E-state index contributed by atoms with van der Waals surface area (Å²) in [7, 11) is 0. The van der Waals surface area contributed by atoms with E-state index in [1.807, 2.05) is 42.5 Å². The van der Waals surface area contributed by atoms with Crippen LogP contribution >= 0.6 is 0 Å². The van der Waals surface area contributed by atoms with Crippen LogP contribution in [0.4, 0.5) is 0 Å². The van der Waals surface area contributed by atoms with Gasteiger partial charge in [-0.25, -0.2) is 0 Å². The van der Waals surface area contributed by atoms with Crippen LogP contribution < -0.4 is 0 Å². The highest BCUT2D eigenvalue weighted by Crippen LogP contribution is 2.31. The monoisotopic (exact) mass is 265 g/mol. The van der Waals surface area contributed by atoms with Gasteiger partial charge in [-0.05, 0) is 11.1 Å². The van der Waals surface area contributed by atoms with Crippen molar-refractivity contribution in [2.75, 3.05) is 0 Å². The SMILES string of the molecule is OCc1cc(C(c2ccccc2)c2ccccc2)no1. The summed E-state index contributed by atoms with van der Waals surface area (Å²) in [6, 6.07) is 22.1. The van der Waals surface area contributed by atoms with Crippen molar-refractivity contribution < 1.29 is 9.63 Å². The smallest absolute Gasteiger partial charge is 0.162 e. The maximum absolute atomic E-state index is 9.14. The van der Waals surface area contributed by atoms with Crippen molar-refractivity contribution in [2.45, 2.75) is 12.5 Å². The van der Waals surface area contributed by atoms with Crippen LogP contribution in [0.15, 0.2) is 71.3 Å². The third kappa shape index (κ3) is 2.49. The van der Waals surface area contributed by atoms with Crippen LogP contribution in [-0.4, -0.2) is 10.3 Å². The highest BCUT2D eigenvalue weighted by Gasteiger charge is 2.20.